The fourth-order valence-electron chi connectivity index (χ4n) is 2.63. The number of carbonyl (C=O) groups is 1. The van der Waals surface area contributed by atoms with Gasteiger partial charge < -0.3 is 9.64 Å². The molecule has 3 rings (SSSR count). The van der Waals surface area contributed by atoms with Crippen molar-refractivity contribution in [2.45, 2.75) is 13.2 Å². The predicted octanol–water partition coefficient (Wildman–Crippen LogP) is 4.58. The molecule has 1 heterocycles. The molecule has 0 aliphatic carbocycles. The molecule has 0 N–H and O–H groups in total. The van der Waals surface area contributed by atoms with Gasteiger partial charge in [0.25, 0.3) is 5.91 Å². The van der Waals surface area contributed by atoms with E-state index in [-0.39, 0.29) is 5.91 Å². The minimum absolute atomic E-state index is 0.0768. The predicted molar refractivity (Wildman–Crippen MR) is 106 cm³/mol. The molecule has 27 heavy (non-hydrogen) atoms. The van der Waals surface area contributed by atoms with Crippen molar-refractivity contribution in [2.75, 3.05) is 7.05 Å². The largest absolute Gasteiger partial charge is 0.487 e. The summed E-state index contributed by atoms with van der Waals surface area (Å²) in [6.07, 6.45) is 1.85. The Balaban J connectivity index is 1.66. The van der Waals surface area contributed by atoms with Crippen molar-refractivity contribution in [3.8, 4) is 5.75 Å². The smallest absolute Gasteiger partial charge is 0.253 e. The van der Waals surface area contributed by atoms with Crippen molar-refractivity contribution >= 4 is 29.1 Å². The molecule has 140 valence electrons. The number of hydrogen-bond acceptors (Lipinski definition) is 3. The van der Waals surface area contributed by atoms with Gasteiger partial charge in [-0.2, -0.15) is 5.10 Å². The van der Waals surface area contributed by atoms with Crippen molar-refractivity contribution in [1.82, 2.24) is 14.7 Å². The van der Waals surface area contributed by atoms with E-state index < -0.39 is 0 Å². The molecular weight excluding hydrogens is 385 g/mol. The van der Waals surface area contributed by atoms with Crippen molar-refractivity contribution in [3.63, 3.8) is 0 Å². The Kier molecular flexibility index (Phi) is 6.04. The van der Waals surface area contributed by atoms with Crippen LogP contribution < -0.4 is 4.74 Å². The van der Waals surface area contributed by atoms with Gasteiger partial charge in [-0.1, -0.05) is 35.3 Å². The topological polar surface area (TPSA) is 47.4 Å². The quantitative estimate of drug-likeness (QED) is 0.604. The molecule has 0 bridgehead atoms. The summed E-state index contributed by atoms with van der Waals surface area (Å²) >= 11 is 12.0. The van der Waals surface area contributed by atoms with Crippen LogP contribution in [0.4, 0.5) is 0 Å². The van der Waals surface area contributed by atoms with Crippen LogP contribution in [0.15, 0.2) is 54.7 Å². The van der Waals surface area contributed by atoms with Gasteiger partial charge in [0.1, 0.15) is 12.4 Å². The number of carbonyl (C=O) groups excluding carboxylic acids is 1. The number of halogens is 2. The highest BCUT2D eigenvalue weighted by Gasteiger charge is 2.14. The Hall–Kier alpha value is -2.50. The van der Waals surface area contributed by atoms with Gasteiger partial charge in [-0.15, -0.1) is 0 Å². The van der Waals surface area contributed by atoms with Crippen molar-refractivity contribution in [3.05, 3.63) is 81.6 Å². The van der Waals surface area contributed by atoms with Gasteiger partial charge in [-0.05, 0) is 42.0 Å². The molecule has 0 fully saturated rings. The summed E-state index contributed by atoms with van der Waals surface area (Å²) in [6.45, 7) is 0.743. The van der Waals surface area contributed by atoms with Gasteiger partial charge in [0.05, 0.1) is 17.3 Å². The monoisotopic (exact) mass is 403 g/mol. The SMILES string of the molecule is CN(Cc1ccn(C)n1)C(=O)c1cccc(COc2ccc(Cl)cc2Cl)c1. The van der Waals surface area contributed by atoms with Crippen LogP contribution in [0.5, 0.6) is 5.75 Å². The van der Waals surface area contributed by atoms with E-state index >= 15 is 0 Å². The molecule has 0 saturated carbocycles. The summed E-state index contributed by atoms with van der Waals surface area (Å²) in [7, 11) is 3.61. The fraction of sp³-hybridized carbons (Fsp3) is 0.200. The highest BCUT2D eigenvalue weighted by Crippen LogP contribution is 2.28. The average molecular weight is 404 g/mol. The molecule has 5 nitrogen and oxygen atoms in total. The van der Waals surface area contributed by atoms with Crippen molar-refractivity contribution in [2.24, 2.45) is 7.05 Å². The van der Waals surface area contributed by atoms with E-state index in [0.29, 0.717) is 34.5 Å². The first-order valence-corrected chi connectivity index (χ1v) is 9.09. The Morgan fingerprint density at radius 1 is 1.19 bits per heavy atom. The second-order valence-corrected chi connectivity index (χ2v) is 7.05. The Morgan fingerprint density at radius 2 is 2.00 bits per heavy atom. The first-order chi connectivity index (χ1) is 12.9. The van der Waals surface area contributed by atoms with Gasteiger partial charge in [-0.3, -0.25) is 9.48 Å². The number of amides is 1. The molecule has 3 aromatic rings. The first kappa shape index (κ1) is 19.3. The van der Waals surface area contributed by atoms with Gasteiger partial charge in [-0.25, -0.2) is 0 Å². The number of aryl methyl sites for hydroxylation is 1. The minimum atomic E-state index is -0.0768. The van der Waals surface area contributed by atoms with E-state index in [9.17, 15) is 4.79 Å². The van der Waals surface area contributed by atoms with Crippen LogP contribution in [-0.2, 0) is 20.2 Å². The Morgan fingerprint density at radius 3 is 2.70 bits per heavy atom. The van der Waals surface area contributed by atoms with Crippen molar-refractivity contribution in [1.29, 1.82) is 0 Å². The van der Waals surface area contributed by atoms with Crippen LogP contribution in [0.3, 0.4) is 0 Å². The summed E-state index contributed by atoms with van der Waals surface area (Å²) < 4.78 is 7.46. The number of aromatic nitrogens is 2. The summed E-state index contributed by atoms with van der Waals surface area (Å²) in [4.78, 5) is 14.3. The summed E-state index contributed by atoms with van der Waals surface area (Å²) in [5, 5.41) is 5.30. The summed E-state index contributed by atoms with van der Waals surface area (Å²) in [5.74, 6) is 0.470. The van der Waals surface area contributed by atoms with E-state index in [0.717, 1.165) is 11.3 Å². The summed E-state index contributed by atoms with van der Waals surface area (Å²) in [6, 6.07) is 14.3. The molecule has 0 spiro atoms. The zero-order valence-electron chi connectivity index (χ0n) is 15.0. The molecule has 0 radical (unpaired) electrons. The number of rotatable bonds is 6. The van der Waals surface area contributed by atoms with Crippen LogP contribution in [0.25, 0.3) is 0 Å². The van der Waals surface area contributed by atoms with Gasteiger partial charge in [0.15, 0.2) is 0 Å². The van der Waals surface area contributed by atoms with Crippen LogP contribution >= 0.6 is 23.2 Å². The van der Waals surface area contributed by atoms with E-state index in [2.05, 4.69) is 5.10 Å². The highest BCUT2D eigenvalue weighted by atomic mass is 35.5. The maximum atomic E-state index is 12.7. The third kappa shape index (κ3) is 5.02. The molecule has 2 aromatic carbocycles. The number of benzene rings is 2. The lowest BCUT2D eigenvalue weighted by molar-refractivity contribution is 0.0783. The lowest BCUT2D eigenvalue weighted by Gasteiger charge is -2.16. The molecular formula is C20H19Cl2N3O2. The minimum Gasteiger partial charge on any atom is -0.487 e. The molecule has 0 unspecified atom stereocenters. The summed E-state index contributed by atoms with van der Waals surface area (Å²) in [5.41, 5.74) is 2.31. The van der Waals surface area contributed by atoms with E-state index in [1.165, 1.54) is 0 Å². The van der Waals surface area contributed by atoms with E-state index in [1.54, 1.807) is 40.9 Å². The Bertz CT molecular complexity index is 956. The molecule has 1 amide bonds. The average Bonchev–Trinajstić information content (AvgIpc) is 3.05. The van der Waals surface area contributed by atoms with Crippen LogP contribution in [0, 0.1) is 0 Å². The van der Waals surface area contributed by atoms with E-state index in [1.807, 2.05) is 37.5 Å². The van der Waals surface area contributed by atoms with Gasteiger partial charge in [0, 0.05) is 30.9 Å². The normalized spacial score (nSPS) is 10.7. The Labute approximate surface area is 168 Å². The van der Waals surface area contributed by atoms with Crippen LogP contribution in [0.1, 0.15) is 21.6 Å². The fourth-order valence-corrected chi connectivity index (χ4v) is 3.09. The molecule has 0 aliphatic heterocycles. The van der Waals surface area contributed by atoms with Crippen molar-refractivity contribution < 1.29 is 9.53 Å². The maximum absolute atomic E-state index is 12.7. The molecule has 0 atom stereocenters. The first-order valence-electron chi connectivity index (χ1n) is 8.33. The molecule has 7 heteroatoms. The number of nitrogens with zero attached hydrogens (tertiary/aromatic N) is 3. The third-order valence-electron chi connectivity index (χ3n) is 3.98. The third-order valence-corrected chi connectivity index (χ3v) is 4.51. The zero-order chi connectivity index (χ0) is 19.4. The number of ether oxygens (including phenoxy) is 1. The zero-order valence-corrected chi connectivity index (χ0v) is 16.5. The second kappa shape index (κ2) is 8.46. The number of hydrogen-bond donors (Lipinski definition) is 0. The standard InChI is InChI=1S/C20H19Cl2N3O2/c1-24(12-17-8-9-25(2)23-17)20(26)15-5-3-4-14(10-15)13-27-19-7-6-16(21)11-18(19)22/h3-11H,12-13H2,1-2H3. The van der Waals surface area contributed by atoms with Gasteiger partial charge in [0.2, 0.25) is 0 Å². The molecule has 1 aromatic heterocycles. The molecule has 0 aliphatic rings. The highest BCUT2D eigenvalue weighted by molar-refractivity contribution is 6.35. The van der Waals surface area contributed by atoms with E-state index in [4.69, 9.17) is 27.9 Å². The van der Waals surface area contributed by atoms with Crippen LogP contribution in [-0.4, -0.2) is 27.6 Å². The van der Waals surface area contributed by atoms with Crippen LogP contribution in [0.2, 0.25) is 10.0 Å². The lowest BCUT2D eigenvalue weighted by atomic mass is 10.1. The van der Waals surface area contributed by atoms with Gasteiger partial charge >= 0.3 is 0 Å². The second-order valence-electron chi connectivity index (χ2n) is 6.21. The maximum Gasteiger partial charge on any atom is 0.253 e. The lowest BCUT2D eigenvalue weighted by Crippen LogP contribution is -2.26. The molecule has 0 saturated heterocycles.